The number of urea groups is 1. The second-order valence-electron chi connectivity index (χ2n) is 7.36. The minimum absolute atomic E-state index is 0.184. The summed E-state index contributed by atoms with van der Waals surface area (Å²) in [4.78, 5) is 38.6. The maximum atomic E-state index is 13.0. The highest BCUT2D eigenvalue weighted by atomic mass is 35.5. The Balaban J connectivity index is 1.57. The lowest BCUT2D eigenvalue weighted by Gasteiger charge is -2.26. The van der Waals surface area contributed by atoms with Gasteiger partial charge in [0.05, 0.1) is 10.7 Å². The number of benzene rings is 3. The summed E-state index contributed by atoms with van der Waals surface area (Å²) >= 11 is 12.5. The number of aryl methyl sites for hydroxylation is 1. The van der Waals surface area contributed by atoms with Gasteiger partial charge in [-0.1, -0.05) is 65.2 Å². The molecule has 4 amide bonds. The molecule has 6 nitrogen and oxygen atoms in total. The second kappa shape index (κ2) is 9.48. The number of amides is 4. The van der Waals surface area contributed by atoms with Crippen molar-refractivity contribution in [2.75, 3.05) is 4.90 Å². The number of ether oxygens (including phenoxy) is 1. The van der Waals surface area contributed by atoms with Gasteiger partial charge < -0.3 is 4.74 Å². The van der Waals surface area contributed by atoms with Crippen LogP contribution in [0.1, 0.15) is 16.7 Å². The predicted molar refractivity (Wildman–Crippen MR) is 127 cm³/mol. The number of nitrogens with zero attached hydrogens (tertiary/aromatic N) is 1. The first-order valence-corrected chi connectivity index (χ1v) is 10.7. The van der Waals surface area contributed by atoms with Crippen molar-refractivity contribution in [2.45, 2.75) is 13.5 Å². The highest BCUT2D eigenvalue weighted by molar-refractivity contribution is 6.39. The van der Waals surface area contributed by atoms with Gasteiger partial charge in [-0.25, -0.2) is 9.69 Å². The van der Waals surface area contributed by atoms with Crippen LogP contribution in [0.4, 0.5) is 10.5 Å². The molecule has 0 aliphatic carbocycles. The molecule has 0 spiro atoms. The molecular formula is C25H18Cl2N2O4. The van der Waals surface area contributed by atoms with Gasteiger partial charge in [0.25, 0.3) is 11.8 Å². The van der Waals surface area contributed by atoms with Gasteiger partial charge in [-0.2, -0.15) is 0 Å². The first-order valence-electron chi connectivity index (χ1n) is 9.97. The molecule has 0 saturated carbocycles. The number of hydrogen-bond donors (Lipinski definition) is 1. The van der Waals surface area contributed by atoms with Gasteiger partial charge in [0, 0.05) is 10.6 Å². The van der Waals surface area contributed by atoms with E-state index >= 15 is 0 Å². The van der Waals surface area contributed by atoms with E-state index in [1.807, 2.05) is 25.1 Å². The molecule has 0 aromatic heterocycles. The molecule has 0 atom stereocenters. The standard InChI is InChI=1S/C25H18Cl2N2O4/c1-15-6-9-18(10-7-15)29-24(31)19(23(30)28-25(29)32)12-16-8-11-22(21(27)13-16)33-14-17-4-2-3-5-20(17)26/h2-13H,14H2,1H3,(H,28,30,32)/b19-12+. The summed E-state index contributed by atoms with van der Waals surface area (Å²) < 4.78 is 5.75. The molecule has 33 heavy (non-hydrogen) atoms. The zero-order valence-electron chi connectivity index (χ0n) is 17.5. The highest BCUT2D eigenvalue weighted by Crippen LogP contribution is 2.29. The minimum atomic E-state index is -0.799. The Hall–Kier alpha value is -3.61. The SMILES string of the molecule is Cc1ccc(N2C(=O)NC(=O)/C(=C\c3ccc(OCc4ccccc4Cl)c(Cl)c3)C2=O)cc1. The van der Waals surface area contributed by atoms with Crippen molar-refractivity contribution >= 4 is 52.8 Å². The summed E-state index contributed by atoms with van der Waals surface area (Å²) in [6.45, 7) is 2.12. The van der Waals surface area contributed by atoms with Crippen molar-refractivity contribution in [3.8, 4) is 5.75 Å². The van der Waals surface area contributed by atoms with Gasteiger partial charge in [0.2, 0.25) is 0 Å². The zero-order valence-corrected chi connectivity index (χ0v) is 19.0. The predicted octanol–water partition coefficient (Wildman–Crippen LogP) is 5.55. The Morgan fingerprint density at radius 2 is 1.67 bits per heavy atom. The summed E-state index contributed by atoms with van der Waals surface area (Å²) in [6.07, 6.45) is 1.38. The molecule has 3 aromatic rings. The summed E-state index contributed by atoms with van der Waals surface area (Å²) in [5.74, 6) is -1.07. The lowest BCUT2D eigenvalue weighted by atomic mass is 10.1. The molecule has 166 valence electrons. The van der Waals surface area contributed by atoms with E-state index in [0.717, 1.165) is 16.0 Å². The summed E-state index contributed by atoms with van der Waals surface area (Å²) in [6, 6.07) is 18.2. The van der Waals surface area contributed by atoms with Crippen molar-refractivity contribution in [3.63, 3.8) is 0 Å². The van der Waals surface area contributed by atoms with E-state index in [1.54, 1.807) is 48.5 Å². The number of rotatable bonds is 5. The molecule has 1 fully saturated rings. The molecule has 0 radical (unpaired) electrons. The average molecular weight is 481 g/mol. The van der Waals surface area contributed by atoms with Crippen LogP contribution in [0.3, 0.4) is 0 Å². The minimum Gasteiger partial charge on any atom is -0.487 e. The molecule has 3 aromatic carbocycles. The number of carbonyl (C=O) groups excluding carboxylic acids is 3. The number of nitrogens with one attached hydrogen (secondary N) is 1. The number of barbiturate groups is 1. The first kappa shape index (κ1) is 22.6. The lowest BCUT2D eigenvalue weighted by Crippen LogP contribution is -2.54. The van der Waals surface area contributed by atoms with E-state index in [-0.39, 0.29) is 12.2 Å². The molecule has 1 N–H and O–H groups in total. The van der Waals surface area contributed by atoms with E-state index in [9.17, 15) is 14.4 Å². The lowest BCUT2D eigenvalue weighted by molar-refractivity contribution is -0.122. The number of halogens is 2. The van der Waals surface area contributed by atoms with Crippen LogP contribution in [-0.4, -0.2) is 17.8 Å². The molecule has 0 unspecified atom stereocenters. The normalized spacial score (nSPS) is 15.1. The molecule has 0 bridgehead atoms. The van der Waals surface area contributed by atoms with Crippen LogP contribution in [0.2, 0.25) is 10.0 Å². The Morgan fingerprint density at radius 1 is 0.939 bits per heavy atom. The zero-order chi connectivity index (χ0) is 23.5. The summed E-state index contributed by atoms with van der Waals surface area (Å²) in [7, 11) is 0. The third kappa shape index (κ3) is 4.92. The maximum absolute atomic E-state index is 13.0. The van der Waals surface area contributed by atoms with Crippen LogP contribution in [0.15, 0.2) is 72.3 Å². The summed E-state index contributed by atoms with van der Waals surface area (Å²) in [5.41, 5.74) is 2.47. The molecule has 4 rings (SSSR count). The van der Waals surface area contributed by atoms with E-state index < -0.39 is 17.8 Å². The van der Waals surface area contributed by atoms with Crippen LogP contribution in [0.25, 0.3) is 6.08 Å². The molecule has 8 heteroatoms. The van der Waals surface area contributed by atoms with E-state index in [2.05, 4.69) is 5.32 Å². The van der Waals surface area contributed by atoms with Crippen molar-refractivity contribution in [3.05, 3.63) is 99.0 Å². The fourth-order valence-electron chi connectivity index (χ4n) is 3.25. The van der Waals surface area contributed by atoms with E-state index in [4.69, 9.17) is 27.9 Å². The van der Waals surface area contributed by atoms with E-state index in [1.165, 1.54) is 6.08 Å². The van der Waals surface area contributed by atoms with Gasteiger partial charge in [-0.15, -0.1) is 0 Å². The topological polar surface area (TPSA) is 75.7 Å². The van der Waals surface area contributed by atoms with Gasteiger partial charge in [0.1, 0.15) is 17.9 Å². The third-order valence-electron chi connectivity index (χ3n) is 5.00. The average Bonchev–Trinajstić information content (AvgIpc) is 2.78. The van der Waals surface area contributed by atoms with Crippen LogP contribution >= 0.6 is 23.2 Å². The van der Waals surface area contributed by atoms with Gasteiger partial charge in [-0.05, 0) is 48.9 Å². The van der Waals surface area contributed by atoms with Crippen LogP contribution in [-0.2, 0) is 16.2 Å². The number of anilines is 1. The summed E-state index contributed by atoms with van der Waals surface area (Å²) in [5, 5.41) is 3.09. The molecule has 1 aliphatic rings. The monoisotopic (exact) mass is 480 g/mol. The fraction of sp³-hybridized carbons (Fsp3) is 0.0800. The Bertz CT molecular complexity index is 1290. The van der Waals surface area contributed by atoms with Crippen molar-refractivity contribution in [2.24, 2.45) is 0 Å². The Labute approximate surface area is 200 Å². The molecular weight excluding hydrogens is 463 g/mol. The van der Waals surface area contributed by atoms with Gasteiger partial charge in [0.15, 0.2) is 0 Å². The van der Waals surface area contributed by atoms with Crippen LogP contribution in [0.5, 0.6) is 5.75 Å². The third-order valence-corrected chi connectivity index (χ3v) is 5.67. The van der Waals surface area contributed by atoms with Gasteiger partial charge >= 0.3 is 6.03 Å². The van der Waals surface area contributed by atoms with Crippen molar-refractivity contribution in [1.82, 2.24) is 5.32 Å². The Kier molecular flexibility index (Phi) is 6.49. The largest absolute Gasteiger partial charge is 0.487 e. The number of carbonyl (C=O) groups is 3. The molecule has 1 aliphatic heterocycles. The van der Waals surface area contributed by atoms with Gasteiger partial charge in [-0.3, -0.25) is 14.9 Å². The van der Waals surface area contributed by atoms with Crippen molar-refractivity contribution in [1.29, 1.82) is 0 Å². The quantitative estimate of drug-likeness (QED) is 0.383. The second-order valence-corrected chi connectivity index (χ2v) is 8.18. The Morgan fingerprint density at radius 3 is 2.36 bits per heavy atom. The number of hydrogen-bond acceptors (Lipinski definition) is 4. The molecule has 1 saturated heterocycles. The number of imide groups is 2. The molecule has 1 heterocycles. The van der Waals surface area contributed by atoms with Crippen LogP contribution < -0.4 is 15.0 Å². The first-order chi connectivity index (χ1) is 15.8. The fourth-order valence-corrected chi connectivity index (χ4v) is 3.68. The van der Waals surface area contributed by atoms with Crippen molar-refractivity contribution < 1.29 is 19.1 Å². The highest BCUT2D eigenvalue weighted by Gasteiger charge is 2.36. The maximum Gasteiger partial charge on any atom is 0.335 e. The van der Waals surface area contributed by atoms with Crippen LogP contribution in [0, 0.1) is 6.92 Å². The van der Waals surface area contributed by atoms with E-state index in [0.29, 0.717) is 27.0 Å². The smallest absolute Gasteiger partial charge is 0.335 e.